The highest BCUT2D eigenvalue weighted by molar-refractivity contribution is 5.84. The Morgan fingerprint density at radius 3 is 1.29 bits per heavy atom. The van der Waals surface area contributed by atoms with Gasteiger partial charge in [-0.05, 0) is 23.0 Å². The number of aliphatic hydroxyl groups is 1. The van der Waals surface area contributed by atoms with Gasteiger partial charge in [-0.2, -0.15) is 0 Å². The van der Waals surface area contributed by atoms with Gasteiger partial charge in [0.1, 0.15) is 12.1 Å². The third-order valence-electron chi connectivity index (χ3n) is 6.71. The van der Waals surface area contributed by atoms with Crippen LogP contribution in [0.2, 0.25) is 0 Å². The fourth-order valence-corrected chi connectivity index (χ4v) is 4.60. The van der Waals surface area contributed by atoms with E-state index in [4.69, 9.17) is 9.47 Å². The standard InChI is InChI=1S/C31H44N4O7/c1-21(2)26(28(37)41-5)34(19-23-13-9-7-10-14-23)30(39)32-17-25(36)18-33-31(40)35(20-24-15-11-8-12-16-24)27(22(3)4)29(38)42-6/h7-16,21-22,25-27,36H,17-20H2,1-6H3,(H,32,39)(H,33,40)/t26-,27-/m0/s1. The molecule has 0 unspecified atom stereocenters. The lowest BCUT2D eigenvalue weighted by Gasteiger charge is -2.33. The van der Waals surface area contributed by atoms with Gasteiger partial charge in [-0.1, -0.05) is 88.4 Å². The van der Waals surface area contributed by atoms with Crippen LogP contribution in [0.3, 0.4) is 0 Å². The Bertz CT molecular complexity index is 1050. The number of carbonyl (C=O) groups is 4. The van der Waals surface area contributed by atoms with Crippen LogP contribution in [0.15, 0.2) is 60.7 Å². The molecule has 2 aromatic carbocycles. The van der Waals surface area contributed by atoms with Crippen molar-refractivity contribution in [2.45, 2.75) is 59.0 Å². The summed E-state index contributed by atoms with van der Waals surface area (Å²) in [6, 6.07) is 15.6. The Labute approximate surface area is 248 Å². The Balaban J connectivity index is 2.11. The molecule has 0 fully saturated rings. The highest BCUT2D eigenvalue weighted by atomic mass is 16.5. The summed E-state index contributed by atoms with van der Waals surface area (Å²) in [5.41, 5.74) is 1.64. The fourth-order valence-electron chi connectivity index (χ4n) is 4.60. The van der Waals surface area contributed by atoms with Crippen LogP contribution in [0, 0.1) is 11.8 Å². The van der Waals surface area contributed by atoms with E-state index in [0.717, 1.165) is 11.1 Å². The number of ether oxygens (including phenoxy) is 2. The Morgan fingerprint density at radius 1 is 0.667 bits per heavy atom. The second-order valence-corrected chi connectivity index (χ2v) is 10.7. The number of esters is 2. The predicted molar refractivity (Wildman–Crippen MR) is 158 cm³/mol. The van der Waals surface area contributed by atoms with E-state index in [1.807, 2.05) is 88.4 Å². The molecule has 230 valence electrons. The van der Waals surface area contributed by atoms with Gasteiger partial charge < -0.3 is 35.0 Å². The van der Waals surface area contributed by atoms with Crippen LogP contribution in [0.5, 0.6) is 0 Å². The van der Waals surface area contributed by atoms with Crippen LogP contribution in [0.4, 0.5) is 9.59 Å². The summed E-state index contributed by atoms with van der Waals surface area (Å²) in [5.74, 6) is -1.58. The lowest BCUT2D eigenvalue weighted by atomic mass is 10.0. The molecule has 11 heteroatoms. The van der Waals surface area contributed by atoms with Gasteiger partial charge in [0.15, 0.2) is 0 Å². The first-order valence-electron chi connectivity index (χ1n) is 14.0. The van der Waals surface area contributed by atoms with E-state index in [1.54, 1.807) is 0 Å². The highest BCUT2D eigenvalue weighted by Crippen LogP contribution is 2.18. The minimum atomic E-state index is -1.15. The number of nitrogens with one attached hydrogen (secondary N) is 2. The Kier molecular flexibility index (Phi) is 13.8. The molecule has 3 N–H and O–H groups in total. The molecule has 0 aliphatic rings. The SMILES string of the molecule is COC(=O)[C@H](C(C)C)N(Cc1ccccc1)C(=O)NCC(O)CNC(=O)N(Cc1ccccc1)[C@H](C(=O)OC)C(C)C. The maximum absolute atomic E-state index is 13.3. The molecule has 0 saturated carbocycles. The number of benzene rings is 2. The number of methoxy groups -OCH3 is 2. The van der Waals surface area contributed by atoms with E-state index in [2.05, 4.69) is 10.6 Å². The molecule has 42 heavy (non-hydrogen) atoms. The van der Waals surface area contributed by atoms with Crippen molar-refractivity contribution < 1.29 is 33.8 Å². The van der Waals surface area contributed by atoms with E-state index >= 15 is 0 Å². The largest absolute Gasteiger partial charge is 0.467 e. The zero-order valence-corrected chi connectivity index (χ0v) is 25.3. The van der Waals surface area contributed by atoms with E-state index in [-0.39, 0.29) is 38.0 Å². The molecule has 4 amide bonds. The molecule has 0 saturated heterocycles. The molecule has 2 aromatic rings. The number of carbonyl (C=O) groups excluding carboxylic acids is 4. The summed E-state index contributed by atoms with van der Waals surface area (Å²) >= 11 is 0. The molecule has 0 radical (unpaired) electrons. The van der Waals surface area contributed by atoms with Crippen molar-refractivity contribution in [2.24, 2.45) is 11.8 Å². The van der Waals surface area contributed by atoms with Crippen LogP contribution in [-0.2, 0) is 32.2 Å². The van der Waals surface area contributed by atoms with Gasteiger partial charge in [-0.15, -0.1) is 0 Å². The van der Waals surface area contributed by atoms with Crippen LogP contribution in [-0.4, -0.2) is 84.4 Å². The normalized spacial score (nSPS) is 12.4. The van der Waals surface area contributed by atoms with Gasteiger partial charge in [0, 0.05) is 26.2 Å². The maximum atomic E-state index is 13.3. The van der Waals surface area contributed by atoms with Gasteiger partial charge in [0.25, 0.3) is 0 Å². The van der Waals surface area contributed by atoms with Crippen LogP contribution >= 0.6 is 0 Å². The molecule has 0 heterocycles. The first-order valence-corrected chi connectivity index (χ1v) is 14.0. The first kappa shape index (κ1) is 34.1. The van der Waals surface area contributed by atoms with Crippen LogP contribution < -0.4 is 10.6 Å². The minimum absolute atomic E-state index is 0.149. The van der Waals surface area contributed by atoms with Crippen molar-refractivity contribution in [3.63, 3.8) is 0 Å². The minimum Gasteiger partial charge on any atom is -0.467 e. The van der Waals surface area contributed by atoms with Crippen molar-refractivity contribution >= 4 is 24.0 Å². The monoisotopic (exact) mass is 584 g/mol. The lowest BCUT2D eigenvalue weighted by Crippen LogP contribution is -2.54. The Morgan fingerprint density at radius 2 is 1.00 bits per heavy atom. The number of amides is 4. The summed E-state index contributed by atoms with van der Waals surface area (Å²) in [6.45, 7) is 7.17. The number of urea groups is 2. The molecule has 0 aromatic heterocycles. The molecular formula is C31H44N4O7. The second-order valence-electron chi connectivity index (χ2n) is 10.7. The van der Waals surface area contributed by atoms with E-state index < -0.39 is 42.2 Å². The topological polar surface area (TPSA) is 138 Å². The summed E-state index contributed by atoms with van der Waals surface area (Å²) < 4.78 is 9.93. The number of aliphatic hydroxyl groups excluding tert-OH is 1. The average Bonchev–Trinajstić information content (AvgIpc) is 2.98. The number of rotatable bonds is 14. The third-order valence-corrected chi connectivity index (χ3v) is 6.71. The summed E-state index contributed by atoms with van der Waals surface area (Å²) in [6.07, 6.45) is -1.15. The molecule has 0 aliphatic carbocycles. The smallest absolute Gasteiger partial charge is 0.328 e. The van der Waals surface area contributed by atoms with E-state index in [9.17, 15) is 24.3 Å². The first-order chi connectivity index (χ1) is 20.0. The third kappa shape index (κ3) is 10.1. The van der Waals surface area contributed by atoms with E-state index in [0.29, 0.717) is 0 Å². The summed E-state index contributed by atoms with van der Waals surface area (Å²) in [4.78, 5) is 54.5. The van der Waals surface area contributed by atoms with Crippen molar-refractivity contribution in [3.05, 3.63) is 71.8 Å². The quantitative estimate of drug-likeness (QED) is 0.290. The van der Waals surface area contributed by atoms with Crippen molar-refractivity contribution in [3.8, 4) is 0 Å². The number of nitrogens with zero attached hydrogens (tertiary/aromatic N) is 2. The Hall–Kier alpha value is -4.12. The second kappa shape index (κ2) is 17.0. The number of hydrogen-bond donors (Lipinski definition) is 3. The maximum Gasteiger partial charge on any atom is 0.328 e. The molecule has 0 bridgehead atoms. The number of hydrogen-bond acceptors (Lipinski definition) is 7. The lowest BCUT2D eigenvalue weighted by molar-refractivity contribution is -0.148. The molecule has 2 rings (SSSR count). The molecular weight excluding hydrogens is 540 g/mol. The summed E-state index contributed by atoms with van der Waals surface area (Å²) in [5, 5.41) is 16.0. The molecule has 2 atom stereocenters. The van der Waals surface area contributed by atoms with Crippen LogP contribution in [0.1, 0.15) is 38.8 Å². The van der Waals surface area contributed by atoms with Gasteiger partial charge in [0.05, 0.1) is 20.3 Å². The van der Waals surface area contributed by atoms with Crippen molar-refractivity contribution in [1.29, 1.82) is 0 Å². The highest BCUT2D eigenvalue weighted by Gasteiger charge is 2.35. The molecule has 0 aliphatic heterocycles. The van der Waals surface area contributed by atoms with E-state index in [1.165, 1.54) is 24.0 Å². The van der Waals surface area contributed by atoms with Gasteiger partial charge >= 0.3 is 24.0 Å². The molecule has 0 spiro atoms. The summed E-state index contributed by atoms with van der Waals surface area (Å²) in [7, 11) is 2.54. The zero-order valence-electron chi connectivity index (χ0n) is 25.3. The van der Waals surface area contributed by atoms with Gasteiger partial charge in [-0.25, -0.2) is 19.2 Å². The zero-order chi connectivity index (χ0) is 31.2. The van der Waals surface area contributed by atoms with Gasteiger partial charge in [0.2, 0.25) is 0 Å². The van der Waals surface area contributed by atoms with Crippen LogP contribution in [0.25, 0.3) is 0 Å². The molecule has 11 nitrogen and oxygen atoms in total. The fraction of sp³-hybridized carbons (Fsp3) is 0.484. The van der Waals surface area contributed by atoms with Gasteiger partial charge in [-0.3, -0.25) is 0 Å². The average molecular weight is 585 g/mol. The predicted octanol–water partition coefficient (Wildman–Crippen LogP) is 3.17. The van der Waals surface area contributed by atoms with Crippen molar-refractivity contribution in [2.75, 3.05) is 27.3 Å². The van der Waals surface area contributed by atoms with Crippen molar-refractivity contribution in [1.82, 2.24) is 20.4 Å².